The van der Waals surface area contributed by atoms with E-state index in [1.165, 1.54) is 47.8 Å². The van der Waals surface area contributed by atoms with Gasteiger partial charge in [-0.1, -0.05) is 49.6 Å². The van der Waals surface area contributed by atoms with E-state index in [0.717, 1.165) is 32.2 Å². The first-order valence-electron chi connectivity index (χ1n) is 9.95. The van der Waals surface area contributed by atoms with E-state index in [1.54, 1.807) is 11.8 Å². The quantitative estimate of drug-likeness (QED) is 0.486. The Balaban J connectivity index is 1.33. The van der Waals surface area contributed by atoms with E-state index >= 15 is 0 Å². The molecule has 2 fully saturated rings. The average Bonchev–Trinajstić information content (AvgIpc) is 2.72. The molecule has 2 aromatic rings. The highest BCUT2D eigenvalue weighted by Crippen LogP contribution is 2.25. The van der Waals surface area contributed by atoms with Gasteiger partial charge < -0.3 is 5.11 Å². The summed E-state index contributed by atoms with van der Waals surface area (Å²) in [5.74, 6) is 1.19. The van der Waals surface area contributed by atoms with Crippen LogP contribution in [0.3, 0.4) is 0 Å². The molecule has 26 heavy (non-hydrogen) atoms. The molecule has 1 N–H and O–H groups in total. The van der Waals surface area contributed by atoms with E-state index in [1.807, 2.05) is 0 Å². The van der Waals surface area contributed by atoms with Gasteiger partial charge in [-0.3, -0.25) is 4.90 Å². The highest BCUT2D eigenvalue weighted by molar-refractivity contribution is 8.00. The normalized spacial score (nSPS) is 19.8. The number of hydrogen-bond acceptors (Lipinski definition) is 2. The molecule has 2 aliphatic rings. The van der Waals surface area contributed by atoms with Gasteiger partial charge in [-0.2, -0.15) is 4.58 Å². The maximum Gasteiger partial charge on any atom is 0.344 e. The van der Waals surface area contributed by atoms with Crippen LogP contribution in [-0.2, 0) is 0 Å². The van der Waals surface area contributed by atoms with Gasteiger partial charge in [-0.15, -0.1) is 11.8 Å². The van der Waals surface area contributed by atoms with Gasteiger partial charge in [0.15, 0.2) is 13.1 Å². The Morgan fingerprint density at radius 3 is 2.50 bits per heavy atom. The molecule has 4 heteroatoms. The minimum absolute atomic E-state index is 0.534. The predicted molar refractivity (Wildman–Crippen MR) is 111 cm³/mol. The molecule has 0 radical (unpaired) electrons. The standard InChI is InChI=1S/C22H28N2OS/c25-22(17-26-21-11-10-18-6-4-5-7-19(18)16-21)24-14-12-23(13-15-24)20-8-2-1-3-9-20/h4-7,10-11,16,20H,1-3,8-9,12-15,17H2/p+1. The zero-order valence-corrected chi connectivity index (χ0v) is 16.3. The van der Waals surface area contributed by atoms with Crippen molar-refractivity contribution in [1.82, 2.24) is 4.90 Å². The second kappa shape index (κ2) is 8.45. The zero-order chi connectivity index (χ0) is 17.8. The van der Waals surface area contributed by atoms with Crippen LogP contribution in [0.5, 0.6) is 0 Å². The van der Waals surface area contributed by atoms with Gasteiger partial charge in [-0.25, -0.2) is 0 Å². The Bertz CT molecular complexity index is 773. The third-order valence-electron chi connectivity index (χ3n) is 5.86. The van der Waals surface area contributed by atoms with Gasteiger partial charge in [0.05, 0.1) is 13.1 Å². The molecular weight excluding hydrogens is 340 g/mol. The van der Waals surface area contributed by atoms with E-state index in [9.17, 15) is 5.11 Å². The monoisotopic (exact) mass is 369 g/mol. The van der Waals surface area contributed by atoms with Crippen LogP contribution in [0, 0.1) is 0 Å². The lowest BCUT2D eigenvalue weighted by Gasteiger charge is -2.35. The third kappa shape index (κ3) is 4.24. The first-order chi connectivity index (χ1) is 12.8. The van der Waals surface area contributed by atoms with E-state index in [0.29, 0.717) is 11.7 Å². The number of fused-ring (bicyclic) bond motifs is 1. The largest absolute Gasteiger partial charge is 0.463 e. The fraction of sp³-hybridized carbons (Fsp3) is 0.500. The Morgan fingerprint density at radius 2 is 1.73 bits per heavy atom. The molecule has 1 saturated heterocycles. The molecule has 0 amide bonds. The number of nitrogens with zero attached hydrogens (tertiary/aromatic N) is 2. The molecule has 2 aromatic carbocycles. The summed E-state index contributed by atoms with van der Waals surface area (Å²) in [6.07, 6.45) is 6.94. The van der Waals surface area contributed by atoms with E-state index in [4.69, 9.17) is 0 Å². The van der Waals surface area contributed by atoms with Crippen molar-refractivity contribution in [2.45, 2.75) is 43.0 Å². The first-order valence-corrected chi connectivity index (χ1v) is 10.9. The molecule has 3 nitrogen and oxygen atoms in total. The molecule has 0 unspecified atom stereocenters. The summed E-state index contributed by atoms with van der Waals surface area (Å²) < 4.78 is 2.17. The van der Waals surface area contributed by atoms with Crippen molar-refractivity contribution < 1.29 is 9.68 Å². The fourth-order valence-electron chi connectivity index (χ4n) is 4.29. The van der Waals surface area contributed by atoms with Crippen LogP contribution in [0.15, 0.2) is 47.4 Å². The summed E-state index contributed by atoms with van der Waals surface area (Å²) in [6, 6.07) is 15.8. The fourth-order valence-corrected chi connectivity index (χ4v) is 5.14. The number of aliphatic hydroxyl groups is 1. The van der Waals surface area contributed by atoms with Crippen molar-refractivity contribution in [3.8, 4) is 0 Å². The topological polar surface area (TPSA) is 26.5 Å². The molecule has 1 heterocycles. The minimum Gasteiger partial charge on any atom is -0.463 e. The molecule has 0 aromatic heterocycles. The number of rotatable bonds is 4. The number of benzene rings is 2. The number of thioether (sulfide) groups is 1. The number of piperazine rings is 1. The Hall–Kier alpha value is -1.52. The third-order valence-corrected chi connectivity index (χ3v) is 6.85. The molecule has 1 aliphatic heterocycles. The van der Waals surface area contributed by atoms with Crippen molar-refractivity contribution in [3.05, 3.63) is 42.5 Å². The van der Waals surface area contributed by atoms with Crippen molar-refractivity contribution in [2.75, 3.05) is 31.9 Å². The van der Waals surface area contributed by atoms with Crippen LogP contribution in [0.1, 0.15) is 32.1 Å². The maximum atomic E-state index is 10.5. The minimum atomic E-state index is 0.534. The summed E-state index contributed by atoms with van der Waals surface area (Å²) >= 11 is 1.72. The number of hydrogen-bond donors (Lipinski definition) is 1. The zero-order valence-electron chi connectivity index (χ0n) is 15.4. The van der Waals surface area contributed by atoms with E-state index in [-0.39, 0.29) is 0 Å². The molecule has 0 atom stereocenters. The Morgan fingerprint density at radius 1 is 1.00 bits per heavy atom. The summed E-state index contributed by atoms with van der Waals surface area (Å²) in [6.45, 7) is 4.10. The Labute approximate surface area is 160 Å². The molecule has 1 saturated carbocycles. The molecular formula is C22H29N2OS+. The second-order valence-corrected chi connectivity index (χ2v) is 8.58. The summed E-state index contributed by atoms with van der Waals surface area (Å²) in [5, 5.41) is 13.1. The van der Waals surface area contributed by atoms with Gasteiger partial charge in [0.2, 0.25) is 0 Å². The van der Waals surface area contributed by atoms with E-state index < -0.39 is 0 Å². The average molecular weight is 370 g/mol. The van der Waals surface area contributed by atoms with Crippen molar-refractivity contribution in [1.29, 1.82) is 0 Å². The molecule has 4 rings (SSSR count). The van der Waals surface area contributed by atoms with Gasteiger partial charge in [0.25, 0.3) is 0 Å². The lowest BCUT2D eigenvalue weighted by Crippen LogP contribution is -2.49. The van der Waals surface area contributed by atoms with Crippen LogP contribution < -0.4 is 0 Å². The van der Waals surface area contributed by atoms with Crippen molar-refractivity contribution in [2.24, 2.45) is 0 Å². The maximum absolute atomic E-state index is 10.5. The second-order valence-electron chi connectivity index (χ2n) is 7.53. The first kappa shape index (κ1) is 17.9. The SMILES string of the molecule is OC(CSc1ccc2ccccc2c1)=[N+]1CCN(C2CCCCC2)CC1. The highest BCUT2D eigenvalue weighted by atomic mass is 32.2. The summed E-state index contributed by atoms with van der Waals surface area (Å²) in [5.41, 5.74) is 0. The molecule has 1 aliphatic carbocycles. The molecule has 0 bridgehead atoms. The van der Waals surface area contributed by atoms with Crippen molar-refractivity contribution in [3.63, 3.8) is 0 Å². The Kier molecular flexibility index (Phi) is 5.81. The van der Waals surface area contributed by atoms with Gasteiger partial charge >= 0.3 is 5.90 Å². The predicted octanol–water partition coefficient (Wildman–Crippen LogP) is 4.55. The van der Waals surface area contributed by atoms with Crippen LogP contribution >= 0.6 is 11.8 Å². The van der Waals surface area contributed by atoms with Crippen LogP contribution in [0.4, 0.5) is 0 Å². The summed E-state index contributed by atoms with van der Waals surface area (Å²) in [7, 11) is 0. The van der Waals surface area contributed by atoms with Gasteiger partial charge in [0.1, 0.15) is 5.75 Å². The smallest absolute Gasteiger partial charge is 0.344 e. The lowest BCUT2D eigenvalue weighted by molar-refractivity contribution is -0.548. The highest BCUT2D eigenvalue weighted by Gasteiger charge is 2.28. The number of aliphatic hydroxyl groups excluding tert-OH is 1. The van der Waals surface area contributed by atoms with Crippen LogP contribution in [-0.4, -0.2) is 58.5 Å². The summed E-state index contributed by atoms with van der Waals surface area (Å²) in [4.78, 5) is 3.87. The van der Waals surface area contributed by atoms with Gasteiger partial charge in [-0.05, 0) is 35.7 Å². The van der Waals surface area contributed by atoms with Crippen LogP contribution in [0.2, 0.25) is 0 Å². The molecule has 0 spiro atoms. The van der Waals surface area contributed by atoms with Gasteiger partial charge in [0, 0.05) is 10.9 Å². The van der Waals surface area contributed by atoms with Crippen molar-refractivity contribution >= 4 is 28.4 Å². The van der Waals surface area contributed by atoms with E-state index in [2.05, 4.69) is 51.9 Å². The lowest BCUT2D eigenvalue weighted by atomic mass is 9.94. The molecule has 138 valence electrons. The van der Waals surface area contributed by atoms with Crippen LogP contribution in [0.25, 0.3) is 10.8 Å².